The smallest absolute Gasteiger partial charge is 0.324 e. The second kappa shape index (κ2) is 8.64. The standard InChI is InChI=1S/C7H20N2O6P2.ClH/c1-8(2)4-3-5-9(6-16(10,11)12)7-17(13,14)15;/h3-7H2,1-2H3,(H2,10,11,12)(H2,13,14,15);1H. The van der Waals surface area contributed by atoms with Gasteiger partial charge in [0.25, 0.3) is 0 Å². The van der Waals surface area contributed by atoms with Crippen molar-refractivity contribution in [3.63, 3.8) is 0 Å². The number of nitrogens with zero attached hydrogens (tertiary/aromatic N) is 2. The van der Waals surface area contributed by atoms with E-state index in [9.17, 15) is 9.13 Å². The molecule has 0 heterocycles. The third-order valence-corrected chi connectivity index (χ3v) is 3.39. The number of halogens is 1. The predicted octanol–water partition coefficient (Wildman–Crippen LogP) is -0.0677. The van der Waals surface area contributed by atoms with E-state index in [2.05, 4.69) is 0 Å². The van der Waals surface area contributed by atoms with Gasteiger partial charge in [0.2, 0.25) is 0 Å². The van der Waals surface area contributed by atoms with E-state index in [0.29, 0.717) is 13.0 Å². The Labute approximate surface area is 113 Å². The van der Waals surface area contributed by atoms with E-state index in [4.69, 9.17) is 19.6 Å². The van der Waals surface area contributed by atoms with Gasteiger partial charge in [-0.15, -0.1) is 12.4 Å². The molecule has 0 saturated heterocycles. The van der Waals surface area contributed by atoms with E-state index >= 15 is 0 Å². The Bertz CT molecular complexity index is 293. The van der Waals surface area contributed by atoms with E-state index < -0.39 is 27.8 Å². The van der Waals surface area contributed by atoms with Crippen molar-refractivity contribution in [3.05, 3.63) is 0 Å². The molecule has 0 spiro atoms. The zero-order valence-corrected chi connectivity index (χ0v) is 12.9. The molecule has 0 rings (SSSR count). The van der Waals surface area contributed by atoms with Gasteiger partial charge in [0.05, 0.1) is 0 Å². The molecule has 11 heteroatoms. The maximum absolute atomic E-state index is 10.8. The van der Waals surface area contributed by atoms with Crippen LogP contribution in [0.15, 0.2) is 0 Å². The van der Waals surface area contributed by atoms with Crippen LogP contribution in [-0.2, 0) is 9.13 Å². The van der Waals surface area contributed by atoms with E-state index in [1.54, 1.807) is 0 Å². The highest BCUT2D eigenvalue weighted by atomic mass is 35.5. The summed E-state index contributed by atoms with van der Waals surface area (Å²) < 4.78 is 21.6. The molecule has 112 valence electrons. The lowest BCUT2D eigenvalue weighted by Crippen LogP contribution is -2.29. The van der Waals surface area contributed by atoms with Crippen molar-refractivity contribution in [2.75, 3.05) is 39.8 Å². The van der Waals surface area contributed by atoms with Crippen LogP contribution in [0.5, 0.6) is 0 Å². The Morgan fingerprint density at radius 1 is 0.889 bits per heavy atom. The van der Waals surface area contributed by atoms with Gasteiger partial charge in [-0.25, -0.2) is 0 Å². The molecule has 0 saturated carbocycles. The summed E-state index contributed by atoms with van der Waals surface area (Å²) in [5, 5.41) is 0. The van der Waals surface area contributed by atoms with Crippen molar-refractivity contribution in [2.45, 2.75) is 6.42 Å². The highest BCUT2D eigenvalue weighted by Crippen LogP contribution is 2.40. The molecule has 0 radical (unpaired) electrons. The van der Waals surface area contributed by atoms with Gasteiger partial charge in [-0.05, 0) is 27.1 Å². The van der Waals surface area contributed by atoms with E-state index in [1.807, 2.05) is 19.0 Å². The lowest BCUT2D eigenvalue weighted by molar-refractivity contribution is 0.265. The van der Waals surface area contributed by atoms with Crippen molar-refractivity contribution in [3.8, 4) is 0 Å². The fourth-order valence-corrected chi connectivity index (χ4v) is 3.00. The van der Waals surface area contributed by atoms with E-state index in [0.717, 1.165) is 4.90 Å². The van der Waals surface area contributed by atoms with E-state index in [-0.39, 0.29) is 19.0 Å². The summed E-state index contributed by atoms with van der Waals surface area (Å²) in [5.74, 6) is 0. The summed E-state index contributed by atoms with van der Waals surface area (Å²) in [7, 11) is -4.92. The molecular formula is C7H21ClN2O6P2. The Hall–Kier alpha value is 0.510. The minimum Gasteiger partial charge on any atom is -0.324 e. The van der Waals surface area contributed by atoms with Gasteiger partial charge in [-0.1, -0.05) is 0 Å². The van der Waals surface area contributed by atoms with Crippen LogP contribution < -0.4 is 0 Å². The third-order valence-electron chi connectivity index (χ3n) is 1.85. The van der Waals surface area contributed by atoms with Crippen LogP contribution >= 0.6 is 27.6 Å². The summed E-state index contributed by atoms with van der Waals surface area (Å²) in [6, 6.07) is 0. The van der Waals surface area contributed by atoms with Crippen molar-refractivity contribution in [2.24, 2.45) is 0 Å². The zero-order chi connectivity index (χ0) is 13.7. The minimum atomic E-state index is -4.30. The first-order valence-corrected chi connectivity index (χ1v) is 8.55. The number of hydrogen-bond acceptors (Lipinski definition) is 4. The van der Waals surface area contributed by atoms with Gasteiger partial charge < -0.3 is 24.5 Å². The van der Waals surface area contributed by atoms with Crippen LogP contribution in [0.4, 0.5) is 0 Å². The van der Waals surface area contributed by atoms with E-state index in [1.165, 1.54) is 0 Å². The first kappa shape index (κ1) is 20.8. The summed E-state index contributed by atoms with van der Waals surface area (Å²) >= 11 is 0. The van der Waals surface area contributed by atoms with Crippen LogP contribution in [0.3, 0.4) is 0 Å². The summed E-state index contributed by atoms with van der Waals surface area (Å²) in [4.78, 5) is 38.2. The maximum Gasteiger partial charge on any atom is 0.339 e. The van der Waals surface area contributed by atoms with Crippen LogP contribution in [0.25, 0.3) is 0 Å². The van der Waals surface area contributed by atoms with Crippen molar-refractivity contribution < 1.29 is 28.7 Å². The SMILES string of the molecule is CN(C)CCCN(CP(=O)(O)O)CP(=O)(O)O.Cl. The van der Waals surface area contributed by atoms with Crippen molar-refractivity contribution in [1.82, 2.24) is 9.80 Å². The summed E-state index contributed by atoms with van der Waals surface area (Å²) in [6.45, 7) is 0.910. The zero-order valence-electron chi connectivity index (χ0n) is 10.3. The second-order valence-electron chi connectivity index (χ2n) is 4.16. The molecule has 8 nitrogen and oxygen atoms in total. The van der Waals surface area contributed by atoms with Gasteiger partial charge in [0.1, 0.15) is 12.6 Å². The molecule has 0 aromatic heterocycles. The van der Waals surface area contributed by atoms with Crippen molar-refractivity contribution >= 4 is 27.6 Å². The Kier molecular flexibility index (Phi) is 9.99. The largest absolute Gasteiger partial charge is 0.339 e. The maximum atomic E-state index is 10.8. The van der Waals surface area contributed by atoms with Gasteiger partial charge >= 0.3 is 15.2 Å². The minimum absolute atomic E-state index is 0. The Balaban J connectivity index is 0. The van der Waals surface area contributed by atoms with Crippen LogP contribution in [-0.4, -0.2) is 69.1 Å². The Morgan fingerprint density at radius 3 is 1.56 bits per heavy atom. The lowest BCUT2D eigenvalue weighted by Gasteiger charge is -2.23. The molecular weight excluding hydrogens is 305 g/mol. The van der Waals surface area contributed by atoms with Gasteiger partial charge in [0.15, 0.2) is 0 Å². The highest BCUT2D eigenvalue weighted by molar-refractivity contribution is 7.52. The van der Waals surface area contributed by atoms with Gasteiger partial charge in [-0.3, -0.25) is 14.0 Å². The molecule has 0 amide bonds. The predicted molar refractivity (Wildman–Crippen MR) is 70.9 cm³/mol. The quantitative estimate of drug-likeness (QED) is 0.457. The average molecular weight is 327 g/mol. The molecule has 0 aliphatic heterocycles. The van der Waals surface area contributed by atoms with Crippen LogP contribution in [0, 0.1) is 0 Å². The highest BCUT2D eigenvalue weighted by Gasteiger charge is 2.25. The molecule has 0 aliphatic rings. The molecule has 0 aromatic rings. The summed E-state index contributed by atoms with van der Waals surface area (Å²) in [5.41, 5.74) is 0. The van der Waals surface area contributed by atoms with Crippen LogP contribution in [0.2, 0.25) is 0 Å². The molecule has 0 bridgehead atoms. The molecule has 0 fully saturated rings. The fraction of sp³-hybridized carbons (Fsp3) is 1.00. The average Bonchev–Trinajstić information content (AvgIpc) is 1.95. The number of hydrogen-bond donors (Lipinski definition) is 4. The van der Waals surface area contributed by atoms with Gasteiger partial charge in [0, 0.05) is 6.54 Å². The third kappa shape index (κ3) is 14.6. The second-order valence-corrected chi connectivity index (χ2v) is 7.39. The Morgan fingerprint density at radius 2 is 1.28 bits per heavy atom. The normalized spacial score (nSPS) is 12.9. The fourth-order valence-electron chi connectivity index (χ4n) is 1.32. The number of rotatable bonds is 8. The topological polar surface area (TPSA) is 122 Å². The molecule has 0 atom stereocenters. The first-order valence-electron chi connectivity index (χ1n) is 4.96. The molecule has 0 unspecified atom stereocenters. The lowest BCUT2D eigenvalue weighted by atomic mass is 10.4. The molecule has 0 aliphatic carbocycles. The molecule has 18 heavy (non-hydrogen) atoms. The van der Waals surface area contributed by atoms with Crippen molar-refractivity contribution in [1.29, 1.82) is 0 Å². The molecule has 4 N–H and O–H groups in total. The van der Waals surface area contributed by atoms with Crippen LogP contribution in [0.1, 0.15) is 6.42 Å². The summed E-state index contributed by atoms with van der Waals surface area (Å²) in [6.07, 6.45) is -0.690. The molecule has 0 aromatic carbocycles. The monoisotopic (exact) mass is 326 g/mol. The first-order chi connectivity index (χ1) is 7.49. The van der Waals surface area contributed by atoms with Gasteiger partial charge in [-0.2, -0.15) is 0 Å².